The van der Waals surface area contributed by atoms with Crippen molar-refractivity contribution < 1.29 is 0 Å². The predicted octanol–water partition coefficient (Wildman–Crippen LogP) is 3.31. The summed E-state index contributed by atoms with van der Waals surface area (Å²) in [6.07, 6.45) is 0.845. The Hall–Kier alpha value is -0.600. The third-order valence-electron chi connectivity index (χ3n) is 1.80. The average Bonchev–Trinajstić information content (AvgIpc) is 2.17. The van der Waals surface area contributed by atoms with E-state index in [1.54, 1.807) is 0 Å². The lowest BCUT2D eigenvalue weighted by Crippen LogP contribution is -1.98. The first kappa shape index (κ1) is 10.5. The highest BCUT2D eigenvalue weighted by molar-refractivity contribution is 7.84. The first-order chi connectivity index (χ1) is 6.15. The summed E-state index contributed by atoms with van der Waals surface area (Å²) in [5, 5.41) is 0.716. The first-order valence-electron chi connectivity index (χ1n) is 4.08. The van der Waals surface area contributed by atoms with Gasteiger partial charge in [-0.05, 0) is 24.1 Å². The van der Waals surface area contributed by atoms with Gasteiger partial charge in [0.1, 0.15) is 0 Å². The van der Waals surface area contributed by atoms with Crippen molar-refractivity contribution in [3.63, 3.8) is 0 Å². The predicted molar refractivity (Wildman–Crippen MR) is 61.8 cm³/mol. The minimum absolute atomic E-state index is 0.716. The SMILES string of the molecule is CC/C(S)=C(/N)c1ccc(Cl)cc1. The second-order valence-electron chi connectivity index (χ2n) is 2.72. The molecule has 0 saturated carbocycles. The molecule has 0 aliphatic rings. The molecule has 0 unspecified atom stereocenters. The molecular weight excluding hydrogens is 202 g/mol. The summed E-state index contributed by atoms with van der Waals surface area (Å²) in [7, 11) is 0. The Kier molecular flexibility index (Phi) is 3.70. The van der Waals surface area contributed by atoms with E-state index in [0.29, 0.717) is 5.02 Å². The van der Waals surface area contributed by atoms with E-state index in [0.717, 1.165) is 22.6 Å². The van der Waals surface area contributed by atoms with Crippen LogP contribution in [0.1, 0.15) is 18.9 Å². The molecule has 0 radical (unpaired) electrons. The molecule has 0 atom stereocenters. The second-order valence-corrected chi connectivity index (χ2v) is 3.70. The van der Waals surface area contributed by atoms with Gasteiger partial charge in [-0.25, -0.2) is 0 Å². The van der Waals surface area contributed by atoms with Crippen LogP contribution in [-0.2, 0) is 0 Å². The molecule has 0 bridgehead atoms. The number of thiol groups is 1. The van der Waals surface area contributed by atoms with Gasteiger partial charge >= 0.3 is 0 Å². The molecule has 13 heavy (non-hydrogen) atoms. The molecule has 1 nitrogen and oxygen atoms in total. The third kappa shape index (κ3) is 2.68. The van der Waals surface area contributed by atoms with Crippen LogP contribution in [0, 0.1) is 0 Å². The second kappa shape index (κ2) is 4.58. The van der Waals surface area contributed by atoms with E-state index < -0.39 is 0 Å². The summed E-state index contributed by atoms with van der Waals surface area (Å²) in [5.74, 6) is 0. The highest BCUT2D eigenvalue weighted by Gasteiger charge is 2.00. The standard InChI is InChI=1S/C10H12ClNS/c1-2-9(13)10(12)7-3-5-8(11)6-4-7/h3-6,13H,2,12H2,1H3/b10-9-. The van der Waals surface area contributed by atoms with Gasteiger partial charge in [0.05, 0.1) is 0 Å². The maximum atomic E-state index is 5.86. The van der Waals surface area contributed by atoms with Crippen molar-refractivity contribution in [2.45, 2.75) is 13.3 Å². The topological polar surface area (TPSA) is 26.0 Å². The molecule has 2 N–H and O–H groups in total. The van der Waals surface area contributed by atoms with Gasteiger partial charge in [-0.3, -0.25) is 0 Å². The number of hydrogen-bond donors (Lipinski definition) is 2. The molecule has 70 valence electrons. The lowest BCUT2D eigenvalue weighted by Gasteiger charge is -2.04. The van der Waals surface area contributed by atoms with Crippen LogP contribution in [0.3, 0.4) is 0 Å². The van der Waals surface area contributed by atoms with Crippen LogP contribution in [0.4, 0.5) is 0 Å². The van der Waals surface area contributed by atoms with E-state index in [1.165, 1.54) is 0 Å². The van der Waals surface area contributed by atoms with Crippen LogP contribution in [0.25, 0.3) is 5.70 Å². The molecule has 0 fully saturated rings. The molecule has 3 heteroatoms. The van der Waals surface area contributed by atoms with E-state index in [9.17, 15) is 0 Å². The lowest BCUT2D eigenvalue weighted by molar-refractivity contribution is 1.19. The molecule has 1 aromatic rings. The molecule has 1 rings (SSSR count). The van der Waals surface area contributed by atoms with Gasteiger partial charge in [0.15, 0.2) is 0 Å². The van der Waals surface area contributed by atoms with Crippen molar-refractivity contribution >= 4 is 29.9 Å². The van der Waals surface area contributed by atoms with E-state index in [-0.39, 0.29) is 0 Å². The van der Waals surface area contributed by atoms with Crippen molar-refractivity contribution in [3.8, 4) is 0 Å². The molecule has 0 aromatic heterocycles. The van der Waals surface area contributed by atoms with Gasteiger partial charge in [-0.15, -0.1) is 12.6 Å². The third-order valence-corrected chi connectivity index (χ3v) is 2.61. The summed E-state index contributed by atoms with van der Waals surface area (Å²) in [4.78, 5) is 0.905. The van der Waals surface area contributed by atoms with Crippen molar-refractivity contribution in [2.75, 3.05) is 0 Å². The van der Waals surface area contributed by atoms with E-state index in [4.69, 9.17) is 17.3 Å². The Morgan fingerprint density at radius 3 is 2.38 bits per heavy atom. The smallest absolute Gasteiger partial charge is 0.0481 e. The van der Waals surface area contributed by atoms with Crippen molar-refractivity contribution in [1.82, 2.24) is 0 Å². The van der Waals surface area contributed by atoms with Crippen molar-refractivity contribution in [2.24, 2.45) is 5.73 Å². The monoisotopic (exact) mass is 213 g/mol. The average molecular weight is 214 g/mol. The molecule has 0 aliphatic heterocycles. The Labute approximate surface area is 89.0 Å². The zero-order valence-corrected chi connectivity index (χ0v) is 9.07. The highest BCUT2D eigenvalue weighted by atomic mass is 35.5. The Morgan fingerprint density at radius 1 is 1.38 bits per heavy atom. The minimum Gasteiger partial charge on any atom is -0.398 e. The van der Waals surface area contributed by atoms with Crippen molar-refractivity contribution in [3.05, 3.63) is 39.8 Å². The fourth-order valence-corrected chi connectivity index (χ4v) is 1.24. The zero-order chi connectivity index (χ0) is 9.84. The molecular formula is C10H12ClNS. The first-order valence-corrected chi connectivity index (χ1v) is 4.91. The largest absolute Gasteiger partial charge is 0.398 e. The number of benzene rings is 1. The number of allylic oxidation sites excluding steroid dienone is 1. The summed E-state index contributed by atoms with van der Waals surface area (Å²) in [5.41, 5.74) is 7.55. The van der Waals surface area contributed by atoms with Crippen LogP contribution in [0.15, 0.2) is 29.2 Å². The van der Waals surface area contributed by atoms with Gasteiger partial charge in [0.25, 0.3) is 0 Å². The maximum absolute atomic E-state index is 5.86. The van der Waals surface area contributed by atoms with Crippen molar-refractivity contribution in [1.29, 1.82) is 0 Å². The molecule has 0 saturated heterocycles. The van der Waals surface area contributed by atoms with Crippen LogP contribution in [-0.4, -0.2) is 0 Å². The Morgan fingerprint density at radius 2 is 1.92 bits per heavy atom. The van der Waals surface area contributed by atoms with Crippen LogP contribution in [0.5, 0.6) is 0 Å². The molecule has 1 aromatic carbocycles. The van der Waals surface area contributed by atoms with Gasteiger partial charge in [-0.2, -0.15) is 0 Å². The number of halogens is 1. The van der Waals surface area contributed by atoms with Gasteiger partial charge < -0.3 is 5.73 Å². The Balaban J connectivity index is 3.02. The molecule has 0 aliphatic carbocycles. The quantitative estimate of drug-likeness (QED) is 0.725. The van der Waals surface area contributed by atoms with Crippen LogP contribution < -0.4 is 5.73 Å². The van der Waals surface area contributed by atoms with Gasteiger partial charge in [0, 0.05) is 15.6 Å². The Bertz CT molecular complexity index is 316. The zero-order valence-electron chi connectivity index (χ0n) is 7.42. The van der Waals surface area contributed by atoms with E-state index >= 15 is 0 Å². The minimum atomic E-state index is 0.716. The summed E-state index contributed by atoms with van der Waals surface area (Å²) in [6.45, 7) is 2.02. The number of rotatable bonds is 2. The van der Waals surface area contributed by atoms with Crippen LogP contribution in [0.2, 0.25) is 5.02 Å². The summed E-state index contributed by atoms with van der Waals surface area (Å²) in [6, 6.07) is 7.42. The molecule has 0 amide bonds. The number of nitrogens with two attached hydrogens (primary N) is 1. The van der Waals surface area contributed by atoms with E-state index in [1.807, 2.05) is 31.2 Å². The molecule has 0 heterocycles. The van der Waals surface area contributed by atoms with E-state index in [2.05, 4.69) is 12.6 Å². The van der Waals surface area contributed by atoms with Gasteiger partial charge in [0.2, 0.25) is 0 Å². The molecule has 0 spiro atoms. The maximum Gasteiger partial charge on any atom is 0.0481 e. The summed E-state index contributed by atoms with van der Waals surface area (Å²) >= 11 is 10.0. The fraction of sp³-hybridized carbons (Fsp3) is 0.200. The summed E-state index contributed by atoms with van der Waals surface area (Å²) < 4.78 is 0. The van der Waals surface area contributed by atoms with Gasteiger partial charge in [-0.1, -0.05) is 30.7 Å². The lowest BCUT2D eigenvalue weighted by atomic mass is 10.1. The fourth-order valence-electron chi connectivity index (χ4n) is 0.987. The van der Waals surface area contributed by atoms with Crippen LogP contribution >= 0.6 is 24.2 Å². The highest BCUT2D eigenvalue weighted by Crippen LogP contribution is 2.20. The number of hydrogen-bond acceptors (Lipinski definition) is 2. The normalized spacial score (nSPS) is 12.5.